The fraction of sp³-hybridized carbons (Fsp3) is 0.435. The summed E-state index contributed by atoms with van der Waals surface area (Å²) in [5.74, 6) is -0.165. The number of rotatable bonds is 9. The molecule has 3 rings (SSSR count). The van der Waals surface area contributed by atoms with Crippen LogP contribution in [-0.2, 0) is 25.6 Å². The van der Waals surface area contributed by atoms with Gasteiger partial charge in [-0.25, -0.2) is 4.79 Å². The van der Waals surface area contributed by atoms with E-state index in [2.05, 4.69) is 5.32 Å². The Labute approximate surface area is 178 Å². The van der Waals surface area contributed by atoms with Crippen LogP contribution in [0, 0.1) is 0 Å². The Hall–Kier alpha value is -2.38. The van der Waals surface area contributed by atoms with Gasteiger partial charge >= 0.3 is 6.09 Å². The highest BCUT2D eigenvalue weighted by atomic mass is 32.2. The zero-order valence-corrected chi connectivity index (χ0v) is 17.9. The predicted octanol–water partition coefficient (Wildman–Crippen LogP) is 4.72. The predicted molar refractivity (Wildman–Crippen MR) is 115 cm³/mol. The lowest BCUT2D eigenvalue weighted by Gasteiger charge is -2.23. The number of amides is 1. The molecule has 2 aromatic rings. The molecule has 0 unspecified atom stereocenters. The molecular weight excluding hydrogens is 402 g/mol. The molecule has 0 spiro atoms. The molecule has 1 N–H and O–H groups in total. The first kappa shape index (κ1) is 22.3. The molecule has 1 saturated carbocycles. The highest BCUT2D eigenvalue weighted by Crippen LogP contribution is 2.24. The van der Waals surface area contributed by atoms with Gasteiger partial charge < -0.3 is 10.1 Å². The molecule has 0 aliphatic heterocycles. The molecule has 1 aliphatic rings. The third kappa shape index (κ3) is 7.46. The van der Waals surface area contributed by atoms with E-state index in [0.29, 0.717) is 0 Å². The Bertz CT molecular complexity index is 880. The SMILES string of the molecule is O=C(N[C@@H](CCS(=O)(=O)OC1CCCCC1)c1ccccc1)OCc1ccccc1. The van der Waals surface area contributed by atoms with Gasteiger partial charge in [0.05, 0.1) is 17.9 Å². The van der Waals surface area contributed by atoms with Crippen molar-refractivity contribution in [2.75, 3.05) is 5.75 Å². The molecule has 0 aromatic heterocycles. The number of nitrogens with one attached hydrogen (secondary N) is 1. The van der Waals surface area contributed by atoms with E-state index in [-0.39, 0.29) is 24.9 Å². The molecule has 1 amide bonds. The highest BCUT2D eigenvalue weighted by molar-refractivity contribution is 7.86. The van der Waals surface area contributed by atoms with Crippen molar-refractivity contribution < 1.29 is 22.1 Å². The summed E-state index contributed by atoms with van der Waals surface area (Å²) in [5.41, 5.74) is 1.70. The number of hydrogen-bond acceptors (Lipinski definition) is 5. The van der Waals surface area contributed by atoms with E-state index < -0.39 is 22.3 Å². The summed E-state index contributed by atoms with van der Waals surface area (Å²) in [6.45, 7) is 0.150. The Kier molecular flexibility index (Phi) is 8.28. The van der Waals surface area contributed by atoms with Crippen molar-refractivity contribution >= 4 is 16.2 Å². The van der Waals surface area contributed by atoms with Gasteiger partial charge in [-0.05, 0) is 30.4 Å². The Morgan fingerprint density at radius 2 is 1.60 bits per heavy atom. The largest absolute Gasteiger partial charge is 0.445 e. The lowest BCUT2D eigenvalue weighted by Crippen LogP contribution is -2.31. The van der Waals surface area contributed by atoms with E-state index in [9.17, 15) is 13.2 Å². The van der Waals surface area contributed by atoms with Gasteiger partial charge in [0.1, 0.15) is 6.61 Å². The summed E-state index contributed by atoms with van der Waals surface area (Å²) in [7, 11) is -3.67. The van der Waals surface area contributed by atoms with Gasteiger partial charge in [0.25, 0.3) is 10.1 Å². The monoisotopic (exact) mass is 431 g/mol. The van der Waals surface area contributed by atoms with Crippen LogP contribution < -0.4 is 5.32 Å². The molecular formula is C23H29NO5S. The minimum Gasteiger partial charge on any atom is -0.445 e. The number of alkyl carbamates (subject to hydrolysis) is 1. The zero-order valence-electron chi connectivity index (χ0n) is 17.0. The van der Waals surface area contributed by atoms with Gasteiger partial charge in [-0.2, -0.15) is 8.42 Å². The van der Waals surface area contributed by atoms with Gasteiger partial charge in [-0.15, -0.1) is 0 Å². The molecule has 162 valence electrons. The maximum absolute atomic E-state index is 12.5. The molecule has 6 nitrogen and oxygen atoms in total. The Morgan fingerprint density at radius 3 is 2.27 bits per heavy atom. The number of ether oxygens (including phenoxy) is 1. The van der Waals surface area contributed by atoms with Crippen molar-refractivity contribution in [3.8, 4) is 0 Å². The fourth-order valence-corrected chi connectivity index (χ4v) is 4.82. The number of hydrogen-bond donors (Lipinski definition) is 1. The molecule has 1 aliphatic carbocycles. The quantitative estimate of drug-likeness (QED) is 0.581. The first-order valence-corrected chi connectivity index (χ1v) is 12.0. The fourth-order valence-electron chi connectivity index (χ4n) is 3.59. The van der Waals surface area contributed by atoms with Crippen molar-refractivity contribution in [2.45, 2.75) is 57.3 Å². The van der Waals surface area contributed by atoms with Crippen molar-refractivity contribution in [1.29, 1.82) is 0 Å². The topological polar surface area (TPSA) is 81.7 Å². The van der Waals surface area contributed by atoms with Crippen molar-refractivity contribution in [3.05, 3.63) is 71.8 Å². The summed E-state index contributed by atoms with van der Waals surface area (Å²) in [6.07, 6.45) is 4.10. The molecule has 7 heteroatoms. The molecule has 30 heavy (non-hydrogen) atoms. The lowest BCUT2D eigenvalue weighted by atomic mass is 9.98. The highest BCUT2D eigenvalue weighted by Gasteiger charge is 2.24. The van der Waals surface area contributed by atoms with Crippen molar-refractivity contribution in [2.24, 2.45) is 0 Å². The van der Waals surface area contributed by atoms with Crippen molar-refractivity contribution in [1.82, 2.24) is 5.32 Å². The standard InChI is InChI=1S/C23H29NO5S/c25-23(28-18-19-10-4-1-5-11-19)24-22(20-12-6-2-7-13-20)16-17-30(26,27)29-21-14-8-3-9-15-21/h1-2,4-7,10-13,21-22H,3,8-9,14-18H2,(H,24,25)/t22-/m0/s1. The van der Waals surface area contributed by atoms with Crippen LogP contribution in [0.3, 0.4) is 0 Å². The van der Waals surface area contributed by atoms with Crippen LogP contribution in [0.1, 0.15) is 55.7 Å². The maximum Gasteiger partial charge on any atom is 0.407 e. The normalized spacial score (nSPS) is 16.0. The molecule has 0 bridgehead atoms. The summed E-state index contributed by atoms with van der Waals surface area (Å²) < 4.78 is 35.6. The summed E-state index contributed by atoms with van der Waals surface area (Å²) >= 11 is 0. The number of benzene rings is 2. The molecule has 0 radical (unpaired) electrons. The second-order valence-corrected chi connectivity index (χ2v) is 9.29. The van der Waals surface area contributed by atoms with Crippen LogP contribution in [-0.4, -0.2) is 26.4 Å². The molecule has 1 atom stereocenters. The summed E-state index contributed by atoms with van der Waals surface area (Å²) in [5, 5.41) is 2.80. The van der Waals surface area contributed by atoms with E-state index in [1.165, 1.54) is 0 Å². The van der Waals surface area contributed by atoms with E-state index >= 15 is 0 Å². The van der Waals surface area contributed by atoms with E-state index in [1.54, 1.807) is 0 Å². The Balaban J connectivity index is 1.57. The van der Waals surface area contributed by atoms with E-state index in [1.807, 2.05) is 60.7 Å². The number of carbonyl (C=O) groups is 1. The van der Waals surface area contributed by atoms with Crippen LogP contribution in [0.25, 0.3) is 0 Å². The molecule has 2 aromatic carbocycles. The average molecular weight is 432 g/mol. The smallest absolute Gasteiger partial charge is 0.407 e. The van der Waals surface area contributed by atoms with Gasteiger partial charge in [-0.1, -0.05) is 79.9 Å². The molecule has 0 heterocycles. The molecule has 1 fully saturated rings. The van der Waals surface area contributed by atoms with E-state index in [4.69, 9.17) is 8.92 Å². The van der Waals surface area contributed by atoms with Crippen LogP contribution in [0.4, 0.5) is 4.79 Å². The third-order valence-corrected chi connectivity index (χ3v) is 6.50. The summed E-state index contributed by atoms with van der Waals surface area (Å²) in [6, 6.07) is 18.2. The maximum atomic E-state index is 12.5. The first-order valence-electron chi connectivity index (χ1n) is 10.4. The minimum absolute atomic E-state index is 0.150. The van der Waals surface area contributed by atoms with Gasteiger partial charge in [-0.3, -0.25) is 4.18 Å². The zero-order chi connectivity index (χ0) is 21.2. The molecule has 0 saturated heterocycles. The van der Waals surface area contributed by atoms with Gasteiger partial charge in [0.15, 0.2) is 0 Å². The van der Waals surface area contributed by atoms with Gasteiger partial charge in [0, 0.05) is 0 Å². The first-order chi connectivity index (χ1) is 14.5. The second-order valence-electron chi connectivity index (χ2n) is 7.58. The average Bonchev–Trinajstić information content (AvgIpc) is 2.77. The lowest BCUT2D eigenvalue weighted by molar-refractivity contribution is 0.135. The van der Waals surface area contributed by atoms with E-state index in [0.717, 1.165) is 43.2 Å². The van der Waals surface area contributed by atoms with Crippen LogP contribution in [0.15, 0.2) is 60.7 Å². The van der Waals surface area contributed by atoms with Crippen LogP contribution in [0.2, 0.25) is 0 Å². The van der Waals surface area contributed by atoms with Crippen molar-refractivity contribution in [3.63, 3.8) is 0 Å². The summed E-state index contributed by atoms with van der Waals surface area (Å²) in [4.78, 5) is 12.3. The minimum atomic E-state index is -3.67. The second kappa shape index (κ2) is 11.1. The van der Waals surface area contributed by atoms with Gasteiger partial charge in [0.2, 0.25) is 0 Å². The van der Waals surface area contributed by atoms with Crippen LogP contribution >= 0.6 is 0 Å². The van der Waals surface area contributed by atoms with Crippen LogP contribution in [0.5, 0.6) is 0 Å². The third-order valence-electron chi connectivity index (χ3n) is 5.20. The Morgan fingerprint density at radius 1 is 0.967 bits per heavy atom. The number of carbonyl (C=O) groups excluding carboxylic acids is 1.